The number of carbonyl (C=O) groups is 1. The molecule has 0 aromatic heterocycles. The second-order valence-corrected chi connectivity index (χ2v) is 7.74. The largest absolute Gasteiger partial charge is 0.491 e. The van der Waals surface area contributed by atoms with Gasteiger partial charge in [-0.15, -0.1) is 0 Å². The highest BCUT2D eigenvalue weighted by molar-refractivity contribution is 5.78. The van der Waals surface area contributed by atoms with Crippen LogP contribution in [0, 0.1) is 5.82 Å². The minimum atomic E-state index is -0.290. The lowest BCUT2D eigenvalue weighted by molar-refractivity contribution is -0.155. The van der Waals surface area contributed by atoms with Crippen LogP contribution in [0.25, 0.3) is 0 Å². The van der Waals surface area contributed by atoms with Gasteiger partial charge < -0.3 is 14.4 Å². The average molecular weight is 398 g/mol. The van der Waals surface area contributed by atoms with Crippen LogP contribution in [0.15, 0.2) is 54.6 Å². The number of rotatable bonds is 6. The molecule has 0 spiro atoms. The lowest BCUT2D eigenvalue weighted by Crippen LogP contribution is -2.55. The van der Waals surface area contributed by atoms with Crippen LogP contribution in [-0.2, 0) is 16.1 Å². The highest BCUT2D eigenvalue weighted by Crippen LogP contribution is 2.22. The molecule has 2 fully saturated rings. The third-order valence-corrected chi connectivity index (χ3v) is 5.66. The molecule has 2 aromatic carbocycles. The Balaban J connectivity index is 1.26. The van der Waals surface area contributed by atoms with Gasteiger partial charge in [0.15, 0.2) is 0 Å². The number of hydrogen-bond acceptors (Lipinski definition) is 4. The van der Waals surface area contributed by atoms with Gasteiger partial charge in [-0.1, -0.05) is 30.3 Å². The highest BCUT2D eigenvalue weighted by Gasteiger charge is 2.33. The minimum absolute atomic E-state index is 0.0598. The molecule has 2 saturated heterocycles. The molecule has 0 unspecified atom stereocenters. The maximum absolute atomic E-state index is 13.0. The van der Waals surface area contributed by atoms with Gasteiger partial charge in [-0.25, -0.2) is 4.39 Å². The van der Waals surface area contributed by atoms with E-state index in [-0.39, 0.29) is 30.5 Å². The fraction of sp³-hybridized carbons (Fsp3) is 0.435. The second-order valence-electron chi connectivity index (χ2n) is 7.74. The number of piperidine rings is 1. The van der Waals surface area contributed by atoms with Crippen LogP contribution in [0.2, 0.25) is 0 Å². The van der Waals surface area contributed by atoms with E-state index in [0.717, 1.165) is 32.5 Å². The summed E-state index contributed by atoms with van der Waals surface area (Å²) in [6.45, 7) is 3.92. The van der Waals surface area contributed by atoms with Gasteiger partial charge >= 0.3 is 0 Å². The molecule has 1 atom stereocenters. The first kappa shape index (κ1) is 19.9. The lowest BCUT2D eigenvalue weighted by Gasteiger charge is -2.42. The molecule has 2 aliphatic heterocycles. The fourth-order valence-corrected chi connectivity index (χ4v) is 4.05. The van der Waals surface area contributed by atoms with Crippen LogP contribution in [0.3, 0.4) is 0 Å². The number of likely N-dealkylation sites (tertiary alicyclic amines) is 1. The van der Waals surface area contributed by atoms with E-state index in [9.17, 15) is 9.18 Å². The zero-order chi connectivity index (χ0) is 20.1. The van der Waals surface area contributed by atoms with Crippen LogP contribution in [0.1, 0.15) is 18.4 Å². The molecule has 29 heavy (non-hydrogen) atoms. The van der Waals surface area contributed by atoms with Crippen LogP contribution in [0.5, 0.6) is 5.75 Å². The first-order valence-electron chi connectivity index (χ1n) is 10.2. The van der Waals surface area contributed by atoms with E-state index in [1.54, 1.807) is 12.1 Å². The number of morpholine rings is 1. The highest BCUT2D eigenvalue weighted by atomic mass is 19.1. The summed E-state index contributed by atoms with van der Waals surface area (Å²) in [6.07, 6.45) is 1.79. The molecule has 6 heteroatoms. The third kappa shape index (κ3) is 5.34. The summed E-state index contributed by atoms with van der Waals surface area (Å²) in [4.78, 5) is 16.9. The normalized spacial score (nSPS) is 21.3. The Labute approximate surface area is 171 Å². The van der Waals surface area contributed by atoms with Crippen molar-refractivity contribution in [3.05, 3.63) is 66.0 Å². The number of benzene rings is 2. The molecule has 0 radical (unpaired) electrons. The number of amides is 1. The molecular weight excluding hydrogens is 371 g/mol. The molecule has 1 amide bonds. The Bertz CT molecular complexity index is 792. The molecule has 2 aromatic rings. The first-order valence-corrected chi connectivity index (χ1v) is 10.2. The van der Waals surface area contributed by atoms with Gasteiger partial charge in [0.2, 0.25) is 5.91 Å². The summed E-state index contributed by atoms with van der Waals surface area (Å²) >= 11 is 0. The molecule has 2 heterocycles. The van der Waals surface area contributed by atoms with Crippen molar-refractivity contribution in [1.29, 1.82) is 0 Å². The van der Waals surface area contributed by atoms with Gasteiger partial charge in [-0.3, -0.25) is 9.69 Å². The Morgan fingerprint density at radius 2 is 1.76 bits per heavy atom. The van der Waals surface area contributed by atoms with Crippen molar-refractivity contribution in [3.63, 3.8) is 0 Å². The summed E-state index contributed by atoms with van der Waals surface area (Å²) < 4.78 is 24.4. The second kappa shape index (κ2) is 9.37. The van der Waals surface area contributed by atoms with Gasteiger partial charge in [0.1, 0.15) is 30.9 Å². The Hall–Kier alpha value is -2.44. The van der Waals surface area contributed by atoms with E-state index < -0.39 is 0 Å². The first-order chi connectivity index (χ1) is 14.2. The van der Waals surface area contributed by atoms with Crippen molar-refractivity contribution in [3.8, 4) is 5.75 Å². The van der Waals surface area contributed by atoms with Crippen molar-refractivity contribution in [2.45, 2.75) is 31.5 Å². The van der Waals surface area contributed by atoms with Crippen LogP contribution >= 0.6 is 0 Å². The van der Waals surface area contributed by atoms with Crippen LogP contribution < -0.4 is 4.74 Å². The van der Waals surface area contributed by atoms with Crippen LogP contribution in [-0.4, -0.2) is 60.7 Å². The molecule has 5 nitrogen and oxygen atoms in total. The number of ether oxygens (including phenoxy) is 2. The maximum Gasteiger partial charge on any atom is 0.248 e. The van der Waals surface area contributed by atoms with E-state index >= 15 is 0 Å². The molecule has 0 N–H and O–H groups in total. The zero-order valence-electron chi connectivity index (χ0n) is 16.5. The Morgan fingerprint density at radius 1 is 1.03 bits per heavy atom. The summed E-state index contributed by atoms with van der Waals surface area (Å²) in [5.41, 5.74) is 1.33. The SMILES string of the molecule is O=C1CO[C@@H](COc2ccc(F)cc2)CN1C1CCN(Cc2ccccc2)CC1. The van der Waals surface area contributed by atoms with Crippen molar-refractivity contribution in [1.82, 2.24) is 9.80 Å². The van der Waals surface area contributed by atoms with E-state index in [1.165, 1.54) is 17.7 Å². The molecule has 4 rings (SSSR count). The zero-order valence-corrected chi connectivity index (χ0v) is 16.5. The number of carbonyl (C=O) groups excluding carboxylic acids is 1. The predicted molar refractivity (Wildman–Crippen MR) is 108 cm³/mol. The van der Waals surface area contributed by atoms with E-state index in [2.05, 4.69) is 29.2 Å². The predicted octanol–water partition coefficient (Wildman–Crippen LogP) is 3.10. The Kier molecular flexibility index (Phi) is 6.42. The summed E-state index contributed by atoms with van der Waals surface area (Å²) in [5, 5.41) is 0. The van der Waals surface area contributed by atoms with Crippen molar-refractivity contribution in [2.24, 2.45) is 0 Å². The molecule has 2 aliphatic rings. The molecule has 0 bridgehead atoms. The molecule has 0 aliphatic carbocycles. The summed E-state index contributed by atoms with van der Waals surface area (Å²) in [7, 11) is 0. The summed E-state index contributed by atoms with van der Waals surface area (Å²) in [5.74, 6) is 0.374. The minimum Gasteiger partial charge on any atom is -0.491 e. The Morgan fingerprint density at radius 3 is 2.48 bits per heavy atom. The maximum atomic E-state index is 13.0. The lowest BCUT2D eigenvalue weighted by atomic mass is 10.0. The van der Waals surface area contributed by atoms with Gasteiger partial charge in [0.05, 0.1) is 6.54 Å². The standard InChI is InChI=1S/C23H27FN2O3/c24-19-6-8-21(9-7-19)28-16-22-15-26(23(27)17-29-22)20-10-12-25(13-11-20)14-18-4-2-1-3-5-18/h1-9,20,22H,10-17H2/t22-/m1/s1. The number of halogens is 1. The van der Waals surface area contributed by atoms with Gasteiger partial charge in [-0.05, 0) is 42.7 Å². The quantitative estimate of drug-likeness (QED) is 0.750. The third-order valence-electron chi connectivity index (χ3n) is 5.66. The van der Waals surface area contributed by atoms with Gasteiger partial charge in [0, 0.05) is 25.7 Å². The van der Waals surface area contributed by atoms with Crippen molar-refractivity contribution >= 4 is 5.91 Å². The summed E-state index contributed by atoms with van der Waals surface area (Å²) in [6, 6.07) is 16.7. The van der Waals surface area contributed by atoms with E-state index in [4.69, 9.17) is 9.47 Å². The molecule has 154 valence electrons. The van der Waals surface area contributed by atoms with Crippen molar-refractivity contribution in [2.75, 3.05) is 32.8 Å². The number of hydrogen-bond donors (Lipinski definition) is 0. The average Bonchev–Trinajstić information content (AvgIpc) is 2.76. The molecule has 0 saturated carbocycles. The number of nitrogens with zero attached hydrogens (tertiary/aromatic N) is 2. The fourth-order valence-electron chi connectivity index (χ4n) is 4.05. The monoisotopic (exact) mass is 398 g/mol. The van der Waals surface area contributed by atoms with Gasteiger partial charge in [-0.2, -0.15) is 0 Å². The smallest absolute Gasteiger partial charge is 0.248 e. The molecular formula is C23H27FN2O3. The van der Waals surface area contributed by atoms with E-state index in [0.29, 0.717) is 18.9 Å². The van der Waals surface area contributed by atoms with Gasteiger partial charge in [0.25, 0.3) is 0 Å². The van der Waals surface area contributed by atoms with E-state index in [1.807, 2.05) is 11.0 Å². The van der Waals surface area contributed by atoms with Crippen molar-refractivity contribution < 1.29 is 18.7 Å². The van der Waals surface area contributed by atoms with Crippen LogP contribution in [0.4, 0.5) is 4.39 Å². The topological polar surface area (TPSA) is 42.0 Å².